The van der Waals surface area contributed by atoms with E-state index in [2.05, 4.69) is 0 Å². The van der Waals surface area contributed by atoms with E-state index in [1.165, 1.54) is 0 Å². The molecule has 1 aromatic rings. The van der Waals surface area contributed by atoms with Crippen LogP contribution in [0.5, 0.6) is 5.75 Å². The van der Waals surface area contributed by atoms with Gasteiger partial charge >= 0.3 is 113 Å². The first-order valence-electron chi connectivity index (χ1n) is 2.13. The van der Waals surface area contributed by atoms with Gasteiger partial charge < -0.3 is 5.11 Å². The maximum atomic E-state index is 8.63. The fourth-order valence-electron chi connectivity index (χ4n) is 0.428. The van der Waals surface area contributed by atoms with Crippen molar-refractivity contribution in [2.75, 3.05) is 0 Å². The van der Waals surface area contributed by atoms with Crippen LogP contribution in [0.2, 0.25) is 0 Å². The normalized spacial score (nSPS) is 6.00. The summed E-state index contributed by atoms with van der Waals surface area (Å²) in [6, 6.07) is 8.71. The molecule has 0 fully saturated rings. The van der Waals surface area contributed by atoms with Crippen LogP contribution in [0.15, 0.2) is 30.3 Å². The molecule has 0 saturated heterocycles. The predicted molar refractivity (Wildman–Crippen MR) is 53.7 cm³/mol. The Hall–Kier alpha value is 2.80. The summed E-state index contributed by atoms with van der Waals surface area (Å²) in [6.07, 6.45) is 0. The van der Waals surface area contributed by atoms with E-state index in [4.69, 9.17) is 5.11 Å². The van der Waals surface area contributed by atoms with Crippen molar-refractivity contribution in [1.29, 1.82) is 0 Å². The first-order chi connectivity index (χ1) is 3.39. The van der Waals surface area contributed by atoms with Crippen molar-refractivity contribution in [3.63, 3.8) is 0 Å². The van der Waals surface area contributed by atoms with Gasteiger partial charge in [-0.15, -0.1) is 0 Å². The number of phenols is 1. The molecule has 0 aromatic heterocycles. The summed E-state index contributed by atoms with van der Waals surface area (Å²) in [6.45, 7) is 0. The minimum absolute atomic E-state index is 0. The third-order valence-corrected chi connectivity index (χ3v) is 0.756. The van der Waals surface area contributed by atoms with Gasteiger partial charge in [-0.05, 0) is 12.1 Å². The van der Waals surface area contributed by atoms with Crippen LogP contribution in [0.1, 0.15) is 0 Å². The van der Waals surface area contributed by atoms with Gasteiger partial charge in [0.15, 0.2) is 0 Å². The van der Waals surface area contributed by atoms with Gasteiger partial charge in [0.2, 0.25) is 0 Å². The number of rotatable bonds is 0. The second-order valence-electron chi connectivity index (χ2n) is 1.34. The van der Waals surface area contributed by atoms with E-state index in [9.17, 15) is 0 Å². The van der Waals surface area contributed by atoms with Gasteiger partial charge in [0.25, 0.3) is 0 Å². The molecule has 1 N–H and O–H groups in total. The van der Waals surface area contributed by atoms with Gasteiger partial charge in [0.05, 0.1) is 0 Å². The summed E-state index contributed by atoms with van der Waals surface area (Å²) in [4.78, 5) is 0. The Bertz CT molecular complexity index is 143. The molecule has 0 amide bonds. The number of hydrogen-bond donors (Lipinski definition) is 1. The molecule has 0 atom stereocenters. The van der Waals surface area contributed by atoms with Crippen molar-refractivity contribution in [2.45, 2.75) is 0 Å². The third-order valence-electron chi connectivity index (χ3n) is 0.756. The summed E-state index contributed by atoms with van der Waals surface area (Å²) in [5.74, 6) is 0.322. The zero-order chi connectivity index (χ0) is 5.11. The summed E-state index contributed by atoms with van der Waals surface area (Å²) in [5.41, 5.74) is 0. The molecule has 1 aromatic carbocycles. The third kappa shape index (κ3) is 8.89. The van der Waals surface area contributed by atoms with Crippen LogP contribution in [0.4, 0.5) is 0 Å². The van der Waals surface area contributed by atoms with Gasteiger partial charge in [-0.25, -0.2) is 0 Å². The monoisotopic (exact) mass is 220 g/mol. The van der Waals surface area contributed by atoms with Crippen LogP contribution < -0.4 is 0 Å². The van der Waals surface area contributed by atoms with Crippen molar-refractivity contribution in [3.8, 4) is 5.75 Å². The molecule has 0 bridgehead atoms. The molecular weight excluding hydrogens is 208 g/mol. The van der Waals surface area contributed by atoms with E-state index in [-0.39, 0.29) is 113 Å². The summed E-state index contributed by atoms with van der Waals surface area (Å²) in [7, 11) is 0. The Labute approximate surface area is 151 Å². The quantitative estimate of drug-likeness (QED) is 0.536. The molecule has 0 radical (unpaired) electrons. The summed E-state index contributed by atoms with van der Waals surface area (Å²) >= 11 is 0. The number of phenolic OH excluding ortho intramolecular Hbond substituents is 1. The number of hydrogen-bond acceptors (Lipinski definition) is 1. The molecule has 1 rings (SSSR count). The fraction of sp³-hybridized carbons (Fsp3) is 0. The van der Waals surface area contributed by atoms with Crippen LogP contribution in [-0.2, 0) is 0 Å². The average molecular weight is 220 g/mol. The zero-order valence-corrected chi connectivity index (χ0v) is 3.83. The fourth-order valence-corrected chi connectivity index (χ4v) is 0.428. The van der Waals surface area contributed by atoms with E-state index in [0.717, 1.165) is 0 Å². The van der Waals surface area contributed by atoms with Crippen LogP contribution in [0, 0.1) is 0 Å². The van der Waals surface area contributed by atoms with Gasteiger partial charge in [0.1, 0.15) is 5.75 Å². The average Bonchev–Trinajstić information content (AvgIpc) is 1.69. The predicted octanol–water partition coefficient (Wildman–Crippen LogP) is -1.36. The van der Waals surface area contributed by atoms with E-state index < -0.39 is 0 Å². The minimum atomic E-state index is 0. The van der Waals surface area contributed by atoms with E-state index in [1.54, 1.807) is 24.3 Å². The standard InChI is InChI=1S/C6H6O.3Ca.6H/c7-6-4-2-1-3-5-6;;;;;;;;;/h1-5,7H;;;;;;;;;. The van der Waals surface area contributed by atoms with E-state index in [1.807, 2.05) is 6.07 Å². The Morgan fingerprint density at radius 2 is 1.20 bits per heavy atom. The number of para-hydroxylation sites is 1. The summed E-state index contributed by atoms with van der Waals surface area (Å²) in [5, 5.41) is 8.63. The Morgan fingerprint density at radius 3 is 1.40 bits per heavy atom. The van der Waals surface area contributed by atoms with Crippen molar-refractivity contribution in [1.82, 2.24) is 0 Å². The van der Waals surface area contributed by atoms with Crippen LogP contribution in [0.25, 0.3) is 0 Å². The Kier molecular flexibility index (Phi) is 21.9. The molecule has 48 valence electrons. The topological polar surface area (TPSA) is 20.2 Å². The molecule has 0 saturated carbocycles. The molecule has 1 nitrogen and oxygen atoms in total. The Morgan fingerprint density at radius 1 is 0.800 bits per heavy atom. The van der Waals surface area contributed by atoms with Crippen molar-refractivity contribution in [2.24, 2.45) is 0 Å². The molecule has 0 spiro atoms. The van der Waals surface area contributed by atoms with Gasteiger partial charge in [-0.3, -0.25) is 0 Å². The van der Waals surface area contributed by atoms with Crippen LogP contribution in [0.3, 0.4) is 0 Å². The SMILES string of the molecule is Oc1ccccc1.[CaH2].[CaH2].[CaH2]. The molecule has 10 heavy (non-hydrogen) atoms. The zero-order valence-electron chi connectivity index (χ0n) is 3.83. The van der Waals surface area contributed by atoms with Crippen LogP contribution in [-0.4, -0.2) is 118 Å². The molecular formula is C6H12Ca3O. The molecule has 0 aliphatic carbocycles. The van der Waals surface area contributed by atoms with Gasteiger partial charge in [-0.2, -0.15) is 0 Å². The molecule has 0 aliphatic heterocycles. The van der Waals surface area contributed by atoms with E-state index in [0.29, 0.717) is 5.75 Å². The second-order valence-corrected chi connectivity index (χ2v) is 1.34. The van der Waals surface area contributed by atoms with Crippen molar-refractivity contribution in [3.05, 3.63) is 30.3 Å². The molecule has 0 unspecified atom stereocenters. The second kappa shape index (κ2) is 11.8. The number of benzene rings is 1. The number of aromatic hydroxyl groups is 1. The van der Waals surface area contributed by atoms with Crippen LogP contribution >= 0.6 is 0 Å². The maximum absolute atomic E-state index is 8.63. The molecule has 4 heteroatoms. The molecule has 0 aliphatic rings. The Balaban J connectivity index is -0.000000163. The van der Waals surface area contributed by atoms with Gasteiger partial charge in [0, 0.05) is 0 Å². The van der Waals surface area contributed by atoms with Crippen molar-refractivity contribution >= 4 is 113 Å². The summed E-state index contributed by atoms with van der Waals surface area (Å²) < 4.78 is 0. The van der Waals surface area contributed by atoms with Gasteiger partial charge in [-0.1, -0.05) is 18.2 Å². The van der Waals surface area contributed by atoms with Crippen molar-refractivity contribution < 1.29 is 5.11 Å². The molecule has 0 heterocycles. The van der Waals surface area contributed by atoms with E-state index >= 15 is 0 Å². The first-order valence-corrected chi connectivity index (χ1v) is 2.13. The first kappa shape index (κ1) is 18.6.